The number of benzene rings is 1. The summed E-state index contributed by atoms with van der Waals surface area (Å²) in [5.74, 6) is 0.398. The summed E-state index contributed by atoms with van der Waals surface area (Å²) in [5.41, 5.74) is 0.158. The van der Waals surface area contributed by atoms with Crippen molar-refractivity contribution in [2.75, 3.05) is 5.32 Å². The Bertz CT molecular complexity index is 803. The third kappa shape index (κ3) is 4.42. The molecule has 2 aromatic rings. The second kappa shape index (κ2) is 6.17. The summed E-state index contributed by atoms with van der Waals surface area (Å²) in [4.78, 5) is 3.99. The van der Waals surface area contributed by atoms with E-state index in [-0.39, 0.29) is 17.1 Å². The minimum atomic E-state index is -4.37. The van der Waals surface area contributed by atoms with Gasteiger partial charge in [0, 0.05) is 6.54 Å². The van der Waals surface area contributed by atoms with Crippen LogP contribution in [0.5, 0.6) is 0 Å². The number of nitrogens with two attached hydrogens (primary N) is 1. The fourth-order valence-electron chi connectivity index (χ4n) is 1.95. The quantitative estimate of drug-likeness (QED) is 0.892. The van der Waals surface area contributed by atoms with E-state index in [4.69, 9.17) is 5.14 Å². The molecule has 0 bridgehead atoms. The molecule has 3 N–H and O–H groups in total. The number of alkyl halides is 3. The summed E-state index contributed by atoms with van der Waals surface area (Å²) in [6.07, 6.45) is -4.37. The van der Waals surface area contributed by atoms with Crippen LogP contribution in [0.25, 0.3) is 0 Å². The Labute approximate surface area is 131 Å². The molecule has 0 radical (unpaired) electrons. The van der Waals surface area contributed by atoms with Crippen molar-refractivity contribution in [3.05, 3.63) is 53.2 Å². The van der Waals surface area contributed by atoms with E-state index < -0.39 is 21.8 Å². The zero-order valence-electron chi connectivity index (χ0n) is 12.1. The molecule has 1 aromatic heterocycles. The Kier molecular flexibility index (Phi) is 4.62. The smallest absolute Gasteiger partial charge is 0.366 e. The third-order valence-corrected chi connectivity index (χ3v) is 4.14. The van der Waals surface area contributed by atoms with Gasteiger partial charge in [0.1, 0.15) is 10.7 Å². The van der Waals surface area contributed by atoms with Gasteiger partial charge in [-0.05, 0) is 36.8 Å². The molecule has 1 heterocycles. The van der Waals surface area contributed by atoms with E-state index in [1.54, 1.807) is 0 Å². The zero-order chi connectivity index (χ0) is 17.3. The lowest BCUT2D eigenvalue weighted by molar-refractivity contribution is -0.137. The maximum Gasteiger partial charge on any atom is 0.416 e. The van der Waals surface area contributed by atoms with Crippen molar-refractivity contribution >= 4 is 15.8 Å². The molecular formula is C14H14F3N3O2S. The Balaban J connectivity index is 2.08. The molecule has 0 atom stereocenters. The average Bonchev–Trinajstić information content (AvgIpc) is 2.43. The van der Waals surface area contributed by atoms with E-state index in [0.717, 1.165) is 12.1 Å². The molecule has 0 amide bonds. The predicted octanol–water partition coefficient (Wildman–Crippen LogP) is 2.67. The van der Waals surface area contributed by atoms with Crippen LogP contribution in [-0.4, -0.2) is 13.4 Å². The predicted molar refractivity (Wildman–Crippen MR) is 79.1 cm³/mol. The van der Waals surface area contributed by atoms with Gasteiger partial charge in [0.25, 0.3) is 0 Å². The third-order valence-electron chi connectivity index (χ3n) is 3.10. The molecule has 0 spiro atoms. The van der Waals surface area contributed by atoms with Crippen LogP contribution in [0.4, 0.5) is 19.0 Å². The number of hydrogen-bond acceptors (Lipinski definition) is 4. The molecule has 124 valence electrons. The van der Waals surface area contributed by atoms with Gasteiger partial charge in [0.15, 0.2) is 0 Å². The first-order valence-corrected chi connectivity index (χ1v) is 8.02. The summed E-state index contributed by atoms with van der Waals surface area (Å²) in [7, 11) is -3.83. The van der Waals surface area contributed by atoms with Gasteiger partial charge in [0.2, 0.25) is 10.0 Å². The lowest BCUT2D eigenvalue weighted by Gasteiger charge is -2.10. The van der Waals surface area contributed by atoms with E-state index in [9.17, 15) is 21.6 Å². The molecule has 0 saturated heterocycles. The van der Waals surface area contributed by atoms with Crippen molar-refractivity contribution in [1.29, 1.82) is 0 Å². The first-order chi connectivity index (χ1) is 10.6. The molecule has 1 aromatic carbocycles. The van der Waals surface area contributed by atoms with Gasteiger partial charge in [-0.1, -0.05) is 12.1 Å². The van der Waals surface area contributed by atoms with Crippen molar-refractivity contribution < 1.29 is 21.6 Å². The van der Waals surface area contributed by atoms with Gasteiger partial charge < -0.3 is 5.32 Å². The Morgan fingerprint density at radius 2 is 1.74 bits per heavy atom. The first kappa shape index (κ1) is 17.2. The number of primary sulfonamides is 1. The van der Waals surface area contributed by atoms with Crippen molar-refractivity contribution in [1.82, 2.24) is 4.98 Å². The molecule has 2 rings (SSSR count). The van der Waals surface area contributed by atoms with Crippen molar-refractivity contribution in [2.45, 2.75) is 24.5 Å². The summed E-state index contributed by atoms with van der Waals surface area (Å²) in [6.45, 7) is 1.75. The standard InChI is InChI=1S/C14H14F3N3O2S/c1-9-12(23(18,21)22)6-7-13(20-9)19-8-10-2-4-11(5-3-10)14(15,16)17/h2-7H,8H2,1H3,(H,19,20)(H2,18,21,22). The van der Waals surface area contributed by atoms with Gasteiger partial charge in [-0.3, -0.25) is 0 Å². The van der Waals surface area contributed by atoms with Crippen LogP contribution in [0, 0.1) is 6.92 Å². The minimum absolute atomic E-state index is 0.0717. The molecule has 5 nitrogen and oxygen atoms in total. The van der Waals surface area contributed by atoms with Gasteiger partial charge in [-0.2, -0.15) is 13.2 Å². The molecule has 9 heteroatoms. The largest absolute Gasteiger partial charge is 0.416 e. The molecule has 0 aliphatic carbocycles. The number of nitrogens with zero attached hydrogens (tertiary/aromatic N) is 1. The molecule has 23 heavy (non-hydrogen) atoms. The maximum absolute atomic E-state index is 12.5. The van der Waals surface area contributed by atoms with E-state index in [0.29, 0.717) is 11.4 Å². The molecule has 0 aliphatic rings. The summed E-state index contributed by atoms with van der Waals surface area (Å²) >= 11 is 0. The van der Waals surface area contributed by atoms with Gasteiger partial charge in [0.05, 0.1) is 11.3 Å². The second-order valence-electron chi connectivity index (χ2n) is 4.87. The van der Waals surface area contributed by atoms with Crippen molar-refractivity contribution in [3.8, 4) is 0 Å². The average molecular weight is 345 g/mol. The van der Waals surface area contributed by atoms with Crippen LogP contribution in [0.2, 0.25) is 0 Å². The Morgan fingerprint density at radius 1 is 1.13 bits per heavy atom. The van der Waals surface area contributed by atoms with Gasteiger partial charge in [-0.25, -0.2) is 18.5 Å². The molecular weight excluding hydrogens is 331 g/mol. The fraction of sp³-hybridized carbons (Fsp3) is 0.214. The zero-order valence-corrected chi connectivity index (χ0v) is 12.9. The number of rotatable bonds is 4. The fourth-order valence-corrected chi connectivity index (χ4v) is 2.67. The van der Waals surface area contributed by atoms with Gasteiger partial charge >= 0.3 is 6.18 Å². The minimum Gasteiger partial charge on any atom is -0.366 e. The van der Waals surface area contributed by atoms with Crippen LogP contribution in [-0.2, 0) is 22.7 Å². The highest BCUT2D eigenvalue weighted by Crippen LogP contribution is 2.29. The maximum atomic E-state index is 12.5. The summed E-state index contributed by atoms with van der Waals surface area (Å²) in [5, 5.41) is 7.95. The van der Waals surface area contributed by atoms with Gasteiger partial charge in [-0.15, -0.1) is 0 Å². The number of hydrogen-bond donors (Lipinski definition) is 2. The lowest BCUT2D eigenvalue weighted by atomic mass is 10.1. The number of aromatic nitrogens is 1. The number of pyridine rings is 1. The monoisotopic (exact) mass is 345 g/mol. The van der Waals surface area contributed by atoms with Crippen LogP contribution in [0.15, 0.2) is 41.3 Å². The first-order valence-electron chi connectivity index (χ1n) is 6.48. The van der Waals surface area contributed by atoms with Crippen LogP contribution in [0.3, 0.4) is 0 Å². The number of aryl methyl sites for hydroxylation is 1. The second-order valence-corrected chi connectivity index (χ2v) is 6.40. The Morgan fingerprint density at radius 3 is 2.22 bits per heavy atom. The molecule has 0 unspecified atom stereocenters. The summed E-state index contributed by atoms with van der Waals surface area (Å²) in [6, 6.07) is 7.49. The van der Waals surface area contributed by atoms with E-state index in [2.05, 4.69) is 10.3 Å². The number of halogens is 3. The van der Waals surface area contributed by atoms with Crippen LogP contribution in [0.1, 0.15) is 16.8 Å². The van der Waals surface area contributed by atoms with E-state index in [1.807, 2.05) is 0 Å². The van der Waals surface area contributed by atoms with Crippen LogP contribution < -0.4 is 10.5 Å². The SMILES string of the molecule is Cc1nc(NCc2ccc(C(F)(F)F)cc2)ccc1S(N)(=O)=O. The van der Waals surface area contributed by atoms with Crippen molar-refractivity contribution in [3.63, 3.8) is 0 Å². The number of sulfonamides is 1. The highest BCUT2D eigenvalue weighted by atomic mass is 32.2. The Hall–Kier alpha value is -2.13. The topological polar surface area (TPSA) is 85.1 Å². The molecule has 0 fully saturated rings. The van der Waals surface area contributed by atoms with E-state index >= 15 is 0 Å². The lowest BCUT2D eigenvalue weighted by Crippen LogP contribution is -2.15. The van der Waals surface area contributed by atoms with Crippen molar-refractivity contribution in [2.24, 2.45) is 5.14 Å². The highest BCUT2D eigenvalue weighted by molar-refractivity contribution is 7.89. The summed E-state index contributed by atoms with van der Waals surface area (Å²) < 4.78 is 60.0. The highest BCUT2D eigenvalue weighted by Gasteiger charge is 2.29. The molecule has 0 saturated carbocycles. The number of anilines is 1. The normalized spacial score (nSPS) is 12.2. The van der Waals surface area contributed by atoms with Crippen LogP contribution >= 0.6 is 0 Å². The number of nitrogens with one attached hydrogen (secondary N) is 1. The van der Waals surface area contributed by atoms with E-state index in [1.165, 1.54) is 31.2 Å². The molecule has 0 aliphatic heterocycles.